The first kappa shape index (κ1) is 13.7. The van der Waals surface area contributed by atoms with E-state index in [-0.39, 0.29) is 24.0 Å². The molecule has 0 amide bonds. The monoisotopic (exact) mass is 270 g/mol. The van der Waals surface area contributed by atoms with Gasteiger partial charge in [0.2, 0.25) is 0 Å². The predicted octanol–water partition coefficient (Wildman–Crippen LogP) is 1.69. The van der Waals surface area contributed by atoms with Crippen molar-refractivity contribution in [1.82, 2.24) is 0 Å². The number of nitro benzene ring substituents is 1. The smallest absolute Gasteiger partial charge is 0.295 e. The Labute approximate surface area is 109 Å². The zero-order valence-corrected chi connectivity index (χ0v) is 10.4. The molecule has 7 heteroatoms. The van der Waals surface area contributed by atoms with Gasteiger partial charge < -0.3 is 15.2 Å². The lowest BCUT2D eigenvalue weighted by Gasteiger charge is -2.26. The number of nitrogens with zero attached hydrogens (tertiary/aromatic N) is 1. The lowest BCUT2D eigenvalue weighted by Crippen LogP contribution is -2.43. The van der Waals surface area contributed by atoms with Gasteiger partial charge in [-0.2, -0.15) is 0 Å². The van der Waals surface area contributed by atoms with Gasteiger partial charge in [0, 0.05) is 19.6 Å². The van der Waals surface area contributed by atoms with Crippen LogP contribution in [0.25, 0.3) is 0 Å². The Morgan fingerprint density at radius 1 is 1.68 bits per heavy atom. The number of hydrogen-bond donors (Lipinski definition) is 2. The summed E-state index contributed by atoms with van der Waals surface area (Å²) in [4.78, 5) is 10.2. The highest BCUT2D eigenvalue weighted by atomic mass is 19.1. The molecule has 0 radical (unpaired) electrons. The van der Waals surface area contributed by atoms with Crippen LogP contribution < -0.4 is 5.32 Å². The molecule has 0 aromatic heterocycles. The van der Waals surface area contributed by atoms with Crippen molar-refractivity contribution in [3.8, 4) is 0 Å². The van der Waals surface area contributed by atoms with Gasteiger partial charge in [-0.3, -0.25) is 10.1 Å². The lowest BCUT2D eigenvalue weighted by atomic mass is 9.96. The zero-order chi connectivity index (χ0) is 14.0. The lowest BCUT2D eigenvalue weighted by molar-refractivity contribution is -0.384. The number of benzene rings is 1. The normalized spacial score (nSPS) is 26.4. The number of hydrogen-bond acceptors (Lipinski definition) is 5. The standard InChI is InChI=1S/C12H15FN2O4/c1-8-12(16,4-5-19-8)7-14-10-3-2-9(13)6-11(10)15(17)18/h2-3,6,8,14,16H,4-5,7H2,1H3. The molecule has 2 rings (SSSR count). The quantitative estimate of drug-likeness (QED) is 0.642. The third-order valence-corrected chi connectivity index (χ3v) is 3.40. The highest BCUT2D eigenvalue weighted by Gasteiger charge is 2.39. The Bertz CT molecular complexity index is 497. The van der Waals surface area contributed by atoms with Gasteiger partial charge in [-0.1, -0.05) is 0 Å². The van der Waals surface area contributed by atoms with Crippen molar-refractivity contribution in [2.75, 3.05) is 18.5 Å². The Balaban J connectivity index is 2.13. The van der Waals surface area contributed by atoms with Gasteiger partial charge in [0.15, 0.2) is 0 Å². The molecule has 1 aliphatic heterocycles. The number of rotatable bonds is 4. The number of nitrogens with one attached hydrogen (secondary N) is 1. The molecule has 0 aliphatic carbocycles. The van der Waals surface area contributed by atoms with E-state index in [0.717, 1.165) is 12.1 Å². The molecule has 2 atom stereocenters. The number of halogens is 1. The second-order valence-corrected chi connectivity index (χ2v) is 4.64. The molecule has 0 spiro atoms. The Morgan fingerprint density at radius 2 is 2.42 bits per heavy atom. The Hall–Kier alpha value is -1.73. The number of anilines is 1. The average molecular weight is 270 g/mol. The van der Waals surface area contributed by atoms with E-state index in [4.69, 9.17) is 4.74 Å². The second kappa shape index (κ2) is 5.10. The molecule has 104 valence electrons. The van der Waals surface area contributed by atoms with Crippen molar-refractivity contribution >= 4 is 11.4 Å². The van der Waals surface area contributed by atoms with Crippen LogP contribution in [0.2, 0.25) is 0 Å². The third-order valence-electron chi connectivity index (χ3n) is 3.40. The van der Waals surface area contributed by atoms with Crippen molar-refractivity contribution in [1.29, 1.82) is 0 Å². The van der Waals surface area contributed by atoms with Crippen LogP contribution in [0.15, 0.2) is 18.2 Å². The molecule has 0 saturated carbocycles. The van der Waals surface area contributed by atoms with Crippen LogP contribution >= 0.6 is 0 Å². The fraction of sp³-hybridized carbons (Fsp3) is 0.500. The first-order valence-corrected chi connectivity index (χ1v) is 5.94. The molecule has 1 aliphatic rings. The molecule has 2 unspecified atom stereocenters. The largest absolute Gasteiger partial charge is 0.385 e. The molecule has 1 saturated heterocycles. The highest BCUT2D eigenvalue weighted by molar-refractivity contribution is 5.61. The molecule has 1 aromatic carbocycles. The van der Waals surface area contributed by atoms with Crippen molar-refractivity contribution in [2.24, 2.45) is 0 Å². The van der Waals surface area contributed by atoms with E-state index in [9.17, 15) is 19.6 Å². The molecule has 1 aromatic rings. The number of ether oxygens (including phenoxy) is 1. The zero-order valence-electron chi connectivity index (χ0n) is 10.4. The van der Waals surface area contributed by atoms with Crippen LogP contribution in [0.3, 0.4) is 0 Å². The topological polar surface area (TPSA) is 84.6 Å². The average Bonchev–Trinajstić information content (AvgIpc) is 2.68. The van der Waals surface area contributed by atoms with Gasteiger partial charge in [0.1, 0.15) is 17.1 Å². The maximum atomic E-state index is 13.0. The summed E-state index contributed by atoms with van der Waals surface area (Å²) in [5, 5.41) is 23.9. The van der Waals surface area contributed by atoms with E-state index in [1.54, 1.807) is 6.92 Å². The summed E-state index contributed by atoms with van der Waals surface area (Å²) >= 11 is 0. The van der Waals surface area contributed by atoms with Gasteiger partial charge in [-0.05, 0) is 19.1 Å². The van der Waals surface area contributed by atoms with Crippen molar-refractivity contribution in [3.05, 3.63) is 34.1 Å². The van der Waals surface area contributed by atoms with E-state index in [1.807, 2.05) is 0 Å². The van der Waals surface area contributed by atoms with E-state index < -0.39 is 16.3 Å². The molecule has 19 heavy (non-hydrogen) atoms. The van der Waals surface area contributed by atoms with Crippen LogP contribution in [0, 0.1) is 15.9 Å². The summed E-state index contributed by atoms with van der Waals surface area (Å²) in [5.74, 6) is -0.673. The summed E-state index contributed by atoms with van der Waals surface area (Å²) < 4.78 is 18.3. The Kier molecular flexibility index (Phi) is 3.68. The molecular formula is C12H15FN2O4. The van der Waals surface area contributed by atoms with E-state index in [1.165, 1.54) is 6.07 Å². The first-order valence-electron chi connectivity index (χ1n) is 5.94. The van der Waals surface area contributed by atoms with Gasteiger partial charge >= 0.3 is 0 Å². The summed E-state index contributed by atoms with van der Waals surface area (Å²) in [6, 6.07) is 3.27. The highest BCUT2D eigenvalue weighted by Crippen LogP contribution is 2.29. The minimum atomic E-state index is -1.07. The van der Waals surface area contributed by atoms with Gasteiger partial charge in [-0.15, -0.1) is 0 Å². The van der Waals surface area contributed by atoms with Gasteiger partial charge in [0.25, 0.3) is 5.69 Å². The van der Waals surface area contributed by atoms with Crippen LogP contribution in [-0.4, -0.2) is 34.9 Å². The SMILES string of the molecule is CC1OCCC1(O)CNc1ccc(F)cc1[N+](=O)[O-]. The minimum absolute atomic E-state index is 0.112. The predicted molar refractivity (Wildman–Crippen MR) is 66.5 cm³/mol. The number of aliphatic hydroxyl groups is 1. The van der Waals surface area contributed by atoms with Gasteiger partial charge in [-0.25, -0.2) is 4.39 Å². The van der Waals surface area contributed by atoms with E-state index in [2.05, 4.69) is 5.32 Å². The first-order chi connectivity index (χ1) is 8.92. The summed E-state index contributed by atoms with van der Waals surface area (Å²) in [7, 11) is 0. The third kappa shape index (κ3) is 2.82. The number of nitro groups is 1. The molecule has 1 heterocycles. The summed E-state index contributed by atoms with van der Waals surface area (Å²) in [6.07, 6.45) is 0.107. The van der Waals surface area contributed by atoms with Crippen molar-refractivity contribution in [2.45, 2.75) is 25.0 Å². The summed E-state index contributed by atoms with van der Waals surface area (Å²) in [5.41, 5.74) is -1.24. The van der Waals surface area contributed by atoms with Crippen LogP contribution in [-0.2, 0) is 4.74 Å². The summed E-state index contributed by atoms with van der Waals surface area (Å²) in [6.45, 7) is 2.30. The Morgan fingerprint density at radius 3 is 3.00 bits per heavy atom. The van der Waals surface area contributed by atoms with Gasteiger partial charge in [0.05, 0.1) is 17.1 Å². The maximum absolute atomic E-state index is 13.0. The van der Waals surface area contributed by atoms with Crippen molar-refractivity contribution < 1.29 is 19.2 Å². The molecule has 6 nitrogen and oxygen atoms in total. The van der Waals surface area contributed by atoms with Crippen LogP contribution in [0.1, 0.15) is 13.3 Å². The molecular weight excluding hydrogens is 255 g/mol. The fourth-order valence-corrected chi connectivity index (χ4v) is 2.06. The van der Waals surface area contributed by atoms with Crippen LogP contribution in [0.4, 0.5) is 15.8 Å². The molecule has 0 bridgehead atoms. The molecule has 1 fully saturated rings. The van der Waals surface area contributed by atoms with E-state index >= 15 is 0 Å². The second-order valence-electron chi connectivity index (χ2n) is 4.64. The van der Waals surface area contributed by atoms with Crippen LogP contribution in [0.5, 0.6) is 0 Å². The minimum Gasteiger partial charge on any atom is -0.385 e. The van der Waals surface area contributed by atoms with Crippen molar-refractivity contribution in [3.63, 3.8) is 0 Å². The van der Waals surface area contributed by atoms with E-state index in [0.29, 0.717) is 13.0 Å². The fourth-order valence-electron chi connectivity index (χ4n) is 2.06. The maximum Gasteiger partial charge on any atom is 0.295 e. The molecule has 2 N–H and O–H groups in total.